The van der Waals surface area contributed by atoms with Crippen molar-refractivity contribution < 1.29 is 4.74 Å². The summed E-state index contributed by atoms with van der Waals surface area (Å²) in [7, 11) is 0. The summed E-state index contributed by atoms with van der Waals surface area (Å²) in [6.07, 6.45) is 3.20. The van der Waals surface area contributed by atoms with E-state index in [9.17, 15) is 4.79 Å². The van der Waals surface area contributed by atoms with Gasteiger partial charge in [-0.15, -0.1) is 0 Å². The van der Waals surface area contributed by atoms with Gasteiger partial charge in [0.15, 0.2) is 0 Å². The van der Waals surface area contributed by atoms with Crippen molar-refractivity contribution in [3.05, 3.63) is 21.6 Å². The van der Waals surface area contributed by atoms with Crippen LogP contribution >= 0.6 is 11.8 Å². The molecule has 0 atom stereocenters. The Kier molecular flexibility index (Phi) is 5.72. The van der Waals surface area contributed by atoms with Crippen molar-refractivity contribution in [2.75, 3.05) is 25.1 Å². The summed E-state index contributed by atoms with van der Waals surface area (Å²) in [6, 6.07) is 0. The lowest BCUT2D eigenvalue weighted by Crippen LogP contribution is -2.18. The Labute approximate surface area is 117 Å². The van der Waals surface area contributed by atoms with Gasteiger partial charge in [0.2, 0.25) is 5.95 Å². The van der Waals surface area contributed by atoms with Crippen LogP contribution in [-0.4, -0.2) is 29.7 Å². The number of H-pyrrole nitrogens is 1. The number of unbranched alkanes of at least 4 members (excludes halogenated alkanes) is 1. The standard InChI is InChI=1S/C13H21N3O2S/c1-2-3-6-18-7-4-5-14-13-15-11-9-19-8-10(11)12(17)16-13/h2-9H2,1H3,(H2,14,15,16,17). The van der Waals surface area contributed by atoms with Gasteiger partial charge in [0.1, 0.15) is 0 Å². The Morgan fingerprint density at radius 2 is 2.21 bits per heavy atom. The smallest absolute Gasteiger partial charge is 0.256 e. The van der Waals surface area contributed by atoms with Crippen molar-refractivity contribution in [1.29, 1.82) is 0 Å². The van der Waals surface area contributed by atoms with Crippen LogP contribution in [0, 0.1) is 0 Å². The summed E-state index contributed by atoms with van der Waals surface area (Å²) in [5.41, 5.74) is 1.76. The second-order valence-electron chi connectivity index (χ2n) is 4.58. The number of anilines is 1. The number of hydrogen-bond acceptors (Lipinski definition) is 5. The highest BCUT2D eigenvalue weighted by atomic mass is 32.2. The predicted molar refractivity (Wildman–Crippen MR) is 78.7 cm³/mol. The third kappa shape index (κ3) is 4.24. The minimum absolute atomic E-state index is 0.00306. The normalized spacial score (nSPS) is 13.5. The van der Waals surface area contributed by atoms with E-state index in [0.29, 0.717) is 5.95 Å². The van der Waals surface area contributed by atoms with E-state index >= 15 is 0 Å². The average Bonchev–Trinajstić information content (AvgIpc) is 2.86. The number of hydrogen-bond donors (Lipinski definition) is 2. The van der Waals surface area contributed by atoms with E-state index in [1.807, 2.05) is 0 Å². The first-order chi connectivity index (χ1) is 9.31. The Bertz CT molecular complexity index is 462. The highest BCUT2D eigenvalue weighted by molar-refractivity contribution is 7.98. The molecule has 5 nitrogen and oxygen atoms in total. The fourth-order valence-corrected chi connectivity index (χ4v) is 2.91. The van der Waals surface area contributed by atoms with Crippen molar-refractivity contribution in [2.45, 2.75) is 37.7 Å². The van der Waals surface area contributed by atoms with Crippen LogP contribution in [0.4, 0.5) is 5.95 Å². The number of fused-ring (bicyclic) bond motifs is 1. The van der Waals surface area contributed by atoms with Crippen molar-refractivity contribution in [2.24, 2.45) is 0 Å². The zero-order valence-corrected chi connectivity index (χ0v) is 12.1. The highest BCUT2D eigenvalue weighted by Gasteiger charge is 2.17. The molecule has 0 amide bonds. The number of thioether (sulfide) groups is 1. The van der Waals surface area contributed by atoms with E-state index in [2.05, 4.69) is 22.2 Å². The van der Waals surface area contributed by atoms with E-state index in [0.717, 1.165) is 61.8 Å². The highest BCUT2D eigenvalue weighted by Crippen LogP contribution is 2.25. The van der Waals surface area contributed by atoms with Crippen LogP contribution < -0.4 is 10.9 Å². The maximum absolute atomic E-state index is 11.8. The first-order valence-corrected chi connectivity index (χ1v) is 7.98. The third-order valence-corrected chi connectivity index (χ3v) is 3.96. The van der Waals surface area contributed by atoms with Gasteiger partial charge in [-0.1, -0.05) is 13.3 Å². The minimum atomic E-state index is -0.00306. The van der Waals surface area contributed by atoms with Crippen LogP contribution in [0.25, 0.3) is 0 Å². The fourth-order valence-electron chi connectivity index (χ4n) is 1.88. The van der Waals surface area contributed by atoms with Crippen molar-refractivity contribution >= 4 is 17.7 Å². The van der Waals surface area contributed by atoms with E-state index in [4.69, 9.17) is 4.74 Å². The fraction of sp³-hybridized carbons (Fsp3) is 0.692. The predicted octanol–water partition coefficient (Wildman–Crippen LogP) is 2.14. The largest absolute Gasteiger partial charge is 0.381 e. The molecule has 0 spiro atoms. The van der Waals surface area contributed by atoms with Crippen molar-refractivity contribution in [3.63, 3.8) is 0 Å². The molecule has 0 saturated carbocycles. The van der Waals surface area contributed by atoms with Crippen LogP contribution in [0.15, 0.2) is 4.79 Å². The number of aromatic nitrogens is 2. The summed E-state index contributed by atoms with van der Waals surface area (Å²) in [6.45, 7) is 4.50. The first-order valence-electron chi connectivity index (χ1n) is 6.82. The lowest BCUT2D eigenvalue weighted by molar-refractivity contribution is 0.131. The van der Waals surface area contributed by atoms with E-state index in [1.54, 1.807) is 11.8 Å². The van der Waals surface area contributed by atoms with Gasteiger partial charge in [0, 0.05) is 36.8 Å². The van der Waals surface area contributed by atoms with Crippen molar-refractivity contribution in [1.82, 2.24) is 9.97 Å². The van der Waals surface area contributed by atoms with Gasteiger partial charge in [-0.25, -0.2) is 4.98 Å². The molecule has 0 unspecified atom stereocenters. The Morgan fingerprint density at radius 1 is 1.37 bits per heavy atom. The molecule has 1 aliphatic heterocycles. The molecule has 1 aromatic heterocycles. The summed E-state index contributed by atoms with van der Waals surface area (Å²) in [4.78, 5) is 19.0. The first kappa shape index (κ1) is 14.4. The molecule has 2 N–H and O–H groups in total. The van der Waals surface area contributed by atoms with Gasteiger partial charge in [-0.2, -0.15) is 11.8 Å². The van der Waals surface area contributed by atoms with Gasteiger partial charge < -0.3 is 10.1 Å². The Balaban J connectivity index is 1.72. The summed E-state index contributed by atoms with van der Waals surface area (Å²) in [5.74, 6) is 2.21. The van der Waals surface area contributed by atoms with Gasteiger partial charge in [0.05, 0.1) is 5.69 Å². The van der Waals surface area contributed by atoms with Gasteiger partial charge >= 0.3 is 0 Å². The second kappa shape index (κ2) is 7.55. The molecule has 0 fully saturated rings. The van der Waals surface area contributed by atoms with Gasteiger partial charge in [-0.05, 0) is 12.8 Å². The van der Waals surface area contributed by atoms with Crippen LogP contribution in [0.2, 0.25) is 0 Å². The second-order valence-corrected chi connectivity index (χ2v) is 5.56. The van der Waals surface area contributed by atoms with Crippen molar-refractivity contribution in [3.8, 4) is 0 Å². The zero-order valence-electron chi connectivity index (χ0n) is 11.3. The summed E-state index contributed by atoms with van der Waals surface area (Å²) < 4.78 is 5.47. The number of nitrogens with zero attached hydrogens (tertiary/aromatic N) is 1. The molecule has 19 heavy (non-hydrogen) atoms. The molecule has 0 radical (unpaired) electrons. The number of rotatable bonds is 8. The van der Waals surface area contributed by atoms with Crippen LogP contribution in [0.1, 0.15) is 37.4 Å². The summed E-state index contributed by atoms with van der Waals surface area (Å²) in [5, 5.41) is 3.15. The lowest BCUT2D eigenvalue weighted by Gasteiger charge is -2.07. The monoisotopic (exact) mass is 283 g/mol. The van der Waals surface area contributed by atoms with Crippen LogP contribution in [-0.2, 0) is 16.2 Å². The summed E-state index contributed by atoms with van der Waals surface area (Å²) >= 11 is 1.74. The molecule has 0 aliphatic carbocycles. The molecule has 0 bridgehead atoms. The molecular weight excluding hydrogens is 262 g/mol. The molecular formula is C13H21N3O2S. The molecule has 2 rings (SSSR count). The van der Waals surface area contributed by atoms with E-state index in [-0.39, 0.29) is 5.56 Å². The number of ether oxygens (including phenoxy) is 1. The number of aromatic amines is 1. The number of nitrogens with one attached hydrogen (secondary N) is 2. The third-order valence-electron chi connectivity index (χ3n) is 2.99. The molecule has 2 heterocycles. The molecule has 0 aromatic carbocycles. The molecule has 0 saturated heterocycles. The topological polar surface area (TPSA) is 67.0 Å². The molecule has 6 heteroatoms. The Morgan fingerprint density at radius 3 is 3.05 bits per heavy atom. The van der Waals surface area contributed by atoms with Crippen LogP contribution in [0.5, 0.6) is 0 Å². The van der Waals surface area contributed by atoms with Crippen LogP contribution in [0.3, 0.4) is 0 Å². The van der Waals surface area contributed by atoms with E-state index in [1.165, 1.54) is 0 Å². The quantitative estimate of drug-likeness (QED) is 0.715. The Hall–Kier alpha value is -1.01. The maximum atomic E-state index is 11.8. The average molecular weight is 283 g/mol. The molecule has 1 aliphatic rings. The maximum Gasteiger partial charge on any atom is 0.256 e. The minimum Gasteiger partial charge on any atom is -0.381 e. The van der Waals surface area contributed by atoms with Gasteiger partial charge in [0.25, 0.3) is 5.56 Å². The van der Waals surface area contributed by atoms with E-state index < -0.39 is 0 Å². The molecule has 106 valence electrons. The molecule has 1 aromatic rings. The SMILES string of the molecule is CCCCOCCCNc1nc2c(c(=O)[nH]1)CSC2. The zero-order chi connectivity index (χ0) is 13.5. The lowest BCUT2D eigenvalue weighted by atomic mass is 10.3. The van der Waals surface area contributed by atoms with Gasteiger partial charge in [-0.3, -0.25) is 9.78 Å².